The lowest BCUT2D eigenvalue weighted by molar-refractivity contribution is 0.549. The first kappa shape index (κ1) is 11.4. The Labute approximate surface area is 96.2 Å². The summed E-state index contributed by atoms with van der Waals surface area (Å²) in [6, 6.07) is 8.42. The second-order valence-electron chi connectivity index (χ2n) is 3.90. The van der Waals surface area contributed by atoms with Gasteiger partial charge in [-0.15, -0.1) is 0 Å². The molecule has 1 aromatic carbocycles. The van der Waals surface area contributed by atoms with Crippen LogP contribution in [0.3, 0.4) is 0 Å². The van der Waals surface area contributed by atoms with E-state index in [9.17, 15) is 8.42 Å². The van der Waals surface area contributed by atoms with E-state index in [4.69, 9.17) is 0 Å². The minimum Gasteiger partial charge on any atom is -0.207 e. The van der Waals surface area contributed by atoms with Crippen molar-refractivity contribution in [2.24, 2.45) is 0 Å². The highest BCUT2D eigenvalue weighted by Crippen LogP contribution is 2.14. The Kier molecular flexibility index (Phi) is 3.41. The molecule has 1 N–H and O–H groups in total. The molecular weight excluding hydrogens is 222 g/mol. The highest BCUT2D eigenvalue weighted by Gasteiger charge is 2.18. The number of nitrogens with one attached hydrogen (secondary N) is 1. The molecule has 0 aromatic heterocycles. The molecule has 0 bridgehead atoms. The molecule has 1 aliphatic rings. The lowest BCUT2D eigenvalue weighted by atomic mass is 10.0. The fourth-order valence-electron chi connectivity index (χ4n) is 1.78. The van der Waals surface area contributed by atoms with Gasteiger partial charge in [-0.25, -0.2) is 13.1 Å². The van der Waals surface area contributed by atoms with Gasteiger partial charge in [-0.05, 0) is 31.4 Å². The summed E-state index contributed by atoms with van der Waals surface area (Å²) >= 11 is 0. The predicted octanol–water partition coefficient (Wildman–Crippen LogP) is 2.07. The SMILES string of the molecule is O=S(=O)(NC1C=CCCC1)c1ccccc1. The summed E-state index contributed by atoms with van der Waals surface area (Å²) in [5, 5.41) is 0. The molecule has 0 amide bonds. The third-order valence-electron chi connectivity index (χ3n) is 2.61. The summed E-state index contributed by atoms with van der Waals surface area (Å²) in [5.41, 5.74) is 0. The monoisotopic (exact) mass is 237 g/mol. The van der Waals surface area contributed by atoms with Crippen molar-refractivity contribution in [1.29, 1.82) is 0 Å². The molecule has 3 nitrogen and oxygen atoms in total. The van der Waals surface area contributed by atoms with Gasteiger partial charge in [0.25, 0.3) is 0 Å². The van der Waals surface area contributed by atoms with E-state index < -0.39 is 10.0 Å². The molecule has 0 saturated heterocycles. The maximum atomic E-state index is 12.0. The first-order chi connectivity index (χ1) is 7.68. The first-order valence-electron chi connectivity index (χ1n) is 5.42. The fraction of sp³-hybridized carbons (Fsp3) is 0.333. The molecule has 1 atom stereocenters. The Morgan fingerprint density at radius 1 is 1.19 bits per heavy atom. The molecule has 0 saturated carbocycles. The van der Waals surface area contributed by atoms with Crippen molar-refractivity contribution in [3.05, 3.63) is 42.5 Å². The Morgan fingerprint density at radius 2 is 1.94 bits per heavy atom. The van der Waals surface area contributed by atoms with Crippen LogP contribution < -0.4 is 4.72 Å². The largest absolute Gasteiger partial charge is 0.241 e. The summed E-state index contributed by atoms with van der Waals surface area (Å²) in [6.45, 7) is 0. The van der Waals surface area contributed by atoms with Gasteiger partial charge in [-0.3, -0.25) is 0 Å². The number of hydrogen-bond acceptors (Lipinski definition) is 2. The van der Waals surface area contributed by atoms with Crippen LogP contribution in [0.2, 0.25) is 0 Å². The zero-order chi connectivity index (χ0) is 11.4. The molecule has 0 radical (unpaired) electrons. The summed E-state index contributed by atoms with van der Waals surface area (Å²) in [6.07, 6.45) is 6.93. The first-order valence-corrected chi connectivity index (χ1v) is 6.91. The summed E-state index contributed by atoms with van der Waals surface area (Å²) in [7, 11) is -3.36. The number of hydrogen-bond donors (Lipinski definition) is 1. The van der Waals surface area contributed by atoms with Crippen LogP contribution in [-0.4, -0.2) is 14.5 Å². The minimum atomic E-state index is -3.36. The quantitative estimate of drug-likeness (QED) is 0.818. The van der Waals surface area contributed by atoms with Crippen LogP contribution in [-0.2, 0) is 10.0 Å². The highest BCUT2D eigenvalue weighted by molar-refractivity contribution is 7.89. The van der Waals surface area contributed by atoms with Crippen LogP contribution in [0.4, 0.5) is 0 Å². The molecule has 0 spiro atoms. The van der Waals surface area contributed by atoms with Gasteiger partial charge in [0.2, 0.25) is 10.0 Å². The van der Waals surface area contributed by atoms with Crippen molar-refractivity contribution in [3.8, 4) is 0 Å². The van der Waals surface area contributed by atoms with Crippen molar-refractivity contribution in [2.75, 3.05) is 0 Å². The lowest BCUT2D eigenvalue weighted by Gasteiger charge is -2.17. The van der Waals surface area contributed by atoms with Gasteiger partial charge in [-0.2, -0.15) is 0 Å². The highest BCUT2D eigenvalue weighted by atomic mass is 32.2. The number of sulfonamides is 1. The molecule has 2 rings (SSSR count). The summed E-state index contributed by atoms with van der Waals surface area (Å²) in [5.74, 6) is 0. The second-order valence-corrected chi connectivity index (χ2v) is 5.61. The third-order valence-corrected chi connectivity index (χ3v) is 4.12. The topological polar surface area (TPSA) is 46.2 Å². The fourth-order valence-corrected chi connectivity index (χ4v) is 3.02. The van der Waals surface area contributed by atoms with E-state index in [1.165, 1.54) is 0 Å². The van der Waals surface area contributed by atoms with E-state index in [1.807, 2.05) is 12.2 Å². The van der Waals surface area contributed by atoms with Gasteiger partial charge >= 0.3 is 0 Å². The molecule has 16 heavy (non-hydrogen) atoms. The van der Waals surface area contributed by atoms with Crippen LogP contribution in [0.5, 0.6) is 0 Å². The van der Waals surface area contributed by atoms with E-state index in [0.29, 0.717) is 4.90 Å². The Balaban J connectivity index is 2.14. The third kappa shape index (κ3) is 2.71. The molecule has 0 fully saturated rings. The Bertz CT molecular complexity index is 465. The van der Waals surface area contributed by atoms with Crippen LogP contribution in [0.25, 0.3) is 0 Å². The van der Waals surface area contributed by atoms with Crippen molar-refractivity contribution >= 4 is 10.0 Å². The Morgan fingerprint density at radius 3 is 2.56 bits per heavy atom. The average Bonchev–Trinajstić information content (AvgIpc) is 2.31. The van der Waals surface area contributed by atoms with E-state index in [0.717, 1.165) is 19.3 Å². The normalized spacial score (nSPS) is 20.9. The number of allylic oxidation sites excluding steroid dienone is 1. The van der Waals surface area contributed by atoms with Crippen LogP contribution in [0.1, 0.15) is 19.3 Å². The van der Waals surface area contributed by atoms with Crippen molar-refractivity contribution in [2.45, 2.75) is 30.2 Å². The second kappa shape index (κ2) is 4.80. The van der Waals surface area contributed by atoms with Crippen molar-refractivity contribution in [3.63, 3.8) is 0 Å². The number of benzene rings is 1. The molecule has 86 valence electrons. The van der Waals surface area contributed by atoms with Gasteiger partial charge in [0, 0.05) is 6.04 Å². The smallest absolute Gasteiger partial charge is 0.207 e. The molecule has 1 aliphatic carbocycles. The van der Waals surface area contributed by atoms with Gasteiger partial charge in [0.15, 0.2) is 0 Å². The summed E-state index contributed by atoms with van der Waals surface area (Å²) in [4.78, 5) is 0.328. The van der Waals surface area contributed by atoms with E-state index >= 15 is 0 Å². The van der Waals surface area contributed by atoms with E-state index in [-0.39, 0.29) is 6.04 Å². The van der Waals surface area contributed by atoms with E-state index in [1.54, 1.807) is 30.3 Å². The van der Waals surface area contributed by atoms with Crippen molar-refractivity contribution in [1.82, 2.24) is 4.72 Å². The summed E-state index contributed by atoms with van der Waals surface area (Å²) < 4.78 is 26.6. The lowest BCUT2D eigenvalue weighted by Crippen LogP contribution is -2.34. The van der Waals surface area contributed by atoms with Gasteiger partial charge < -0.3 is 0 Å². The zero-order valence-corrected chi connectivity index (χ0v) is 9.78. The number of rotatable bonds is 3. The molecular formula is C12H15NO2S. The Hall–Kier alpha value is -1.13. The average molecular weight is 237 g/mol. The maximum absolute atomic E-state index is 12.0. The molecule has 4 heteroatoms. The van der Waals surface area contributed by atoms with E-state index in [2.05, 4.69) is 4.72 Å². The predicted molar refractivity (Wildman–Crippen MR) is 63.5 cm³/mol. The van der Waals surface area contributed by atoms with Crippen LogP contribution in [0, 0.1) is 0 Å². The standard InChI is InChI=1S/C12H15NO2S/c14-16(15,12-9-5-2-6-10-12)13-11-7-3-1-4-8-11/h2-3,5-7,9-11,13H,1,4,8H2. The van der Waals surface area contributed by atoms with Crippen molar-refractivity contribution < 1.29 is 8.42 Å². The van der Waals surface area contributed by atoms with Crippen LogP contribution in [0.15, 0.2) is 47.4 Å². The zero-order valence-electron chi connectivity index (χ0n) is 8.96. The van der Waals surface area contributed by atoms with Gasteiger partial charge in [-0.1, -0.05) is 30.4 Å². The minimum absolute atomic E-state index is 0.0565. The molecule has 1 aromatic rings. The molecule has 0 heterocycles. The van der Waals surface area contributed by atoms with Crippen LogP contribution >= 0.6 is 0 Å². The molecule has 0 aliphatic heterocycles. The molecule has 1 unspecified atom stereocenters. The van der Waals surface area contributed by atoms with Gasteiger partial charge in [0.1, 0.15) is 0 Å². The van der Waals surface area contributed by atoms with Gasteiger partial charge in [0.05, 0.1) is 4.90 Å². The maximum Gasteiger partial charge on any atom is 0.241 e.